The molecule has 0 aliphatic heterocycles. The van der Waals surface area contributed by atoms with Crippen LogP contribution in [0.15, 0.2) is 0 Å². The fraction of sp³-hybridized carbons (Fsp3) is 1.00. The van der Waals surface area contributed by atoms with E-state index in [2.05, 4.69) is 17.1 Å². The van der Waals surface area contributed by atoms with Crippen molar-refractivity contribution in [3.05, 3.63) is 0 Å². The van der Waals surface area contributed by atoms with Crippen molar-refractivity contribution in [1.29, 1.82) is 0 Å². The third-order valence-corrected chi connectivity index (χ3v) is 0. The van der Waals surface area contributed by atoms with Crippen LogP contribution < -0.4 is 24.0 Å². The third kappa shape index (κ3) is 34.4. The molecule has 0 aromatic heterocycles. The van der Waals surface area contributed by atoms with Crippen LogP contribution in [-0.4, -0.2) is 14.7 Å². The normalized spacial score (nSPS) is 7.20. The Morgan fingerprint density at radius 2 is 1.00 bits per heavy atom. The van der Waals surface area contributed by atoms with E-state index in [1.54, 1.807) is 0 Å². The fourth-order valence-corrected chi connectivity index (χ4v) is 0. The molecule has 5 heavy (non-hydrogen) atoms. The molecule has 34 valence electrons. The van der Waals surface area contributed by atoms with E-state index in [0.29, 0.717) is 0 Å². The Kier molecular flexibility index (Phi) is 10.1. The van der Waals surface area contributed by atoms with Crippen molar-refractivity contribution < 1.29 is 24.0 Å². The van der Waals surface area contributed by atoms with Crippen LogP contribution >= 0.6 is 0 Å². The Balaban J connectivity index is 0. The summed E-state index contributed by atoms with van der Waals surface area (Å²) in [7, 11) is 0. The van der Waals surface area contributed by atoms with Crippen molar-refractivity contribution >= 4 is 14.7 Å². The largest absolute Gasteiger partial charge is 1.00 e. The van der Waals surface area contributed by atoms with Gasteiger partial charge in [0, 0.05) is 0 Å². The van der Waals surface area contributed by atoms with E-state index < -0.39 is 0 Å². The molecule has 0 aromatic carbocycles. The molecule has 0 saturated heterocycles. The molecule has 0 heterocycles. The maximum absolute atomic E-state index is 2.33. The Bertz CT molecular complexity index is 11.6. The number of rotatable bonds is 0. The number of hydrogen-bond acceptors (Lipinski definition) is 0. The van der Waals surface area contributed by atoms with E-state index in [0.717, 1.165) is 0 Å². The third-order valence-electron chi connectivity index (χ3n) is 0. The summed E-state index contributed by atoms with van der Waals surface area (Å²) < 4.78 is 0. The van der Waals surface area contributed by atoms with E-state index in [4.69, 9.17) is 0 Å². The molecule has 0 aromatic rings. The second-order valence-corrected chi connectivity index (χ2v) is 7.79. The number of hydrogen-bond donors (Lipinski definition) is 0. The molecular formula is C3H10AsI. The van der Waals surface area contributed by atoms with Gasteiger partial charge >= 0.3 is 31.8 Å². The van der Waals surface area contributed by atoms with Crippen molar-refractivity contribution in [2.24, 2.45) is 0 Å². The number of halogens is 1. The SMILES string of the molecule is C[AsH+](C)C.[I-]. The molecule has 0 N–H and O–H groups in total. The molecule has 0 amide bonds. The predicted octanol–water partition coefficient (Wildman–Crippen LogP) is -1.89. The van der Waals surface area contributed by atoms with Crippen molar-refractivity contribution in [2.75, 3.05) is 0 Å². The van der Waals surface area contributed by atoms with Gasteiger partial charge in [-0.1, -0.05) is 0 Å². The molecule has 0 bridgehead atoms. The summed E-state index contributed by atoms with van der Waals surface area (Å²) in [4.78, 5) is 0. The van der Waals surface area contributed by atoms with Gasteiger partial charge in [0.1, 0.15) is 0 Å². The smallest absolute Gasteiger partial charge is 1.00 e. The van der Waals surface area contributed by atoms with Gasteiger partial charge in [0.25, 0.3) is 0 Å². The van der Waals surface area contributed by atoms with Crippen LogP contribution in [-0.2, 0) is 0 Å². The van der Waals surface area contributed by atoms with Gasteiger partial charge in [-0.05, 0) is 0 Å². The second kappa shape index (κ2) is 5.29. The summed E-state index contributed by atoms with van der Waals surface area (Å²) in [6, 6.07) is 0. The Morgan fingerprint density at radius 3 is 1.00 bits per heavy atom. The minimum absolute atomic E-state index is 0. The predicted molar refractivity (Wildman–Crippen MR) is 24.7 cm³/mol. The van der Waals surface area contributed by atoms with Gasteiger partial charge in [-0.15, -0.1) is 0 Å². The molecule has 0 nitrogen and oxygen atoms in total. The monoisotopic (exact) mass is 248 g/mol. The van der Waals surface area contributed by atoms with Gasteiger partial charge in [-0.2, -0.15) is 0 Å². The van der Waals surface area contributed by atoms with E-state index in [1.807, 2.05) is 0 Å². The first-order valence-electron chi connectivity index (χ1n) is 1.50. The maximum Gasteiger partial charge on any atom is -1.00 e. The standard InChI is InChI=1S/C3H10As.HI/c1-4(2)3;/h4H,1-3H3;1H/q+1;/p-1. The van der Waals surface area contributed by atoms with Crippen molar-refractivity contribution in [3.8, 4) is 0 Å². The Hall–Kier alpha value is 1.29. The average molecular weight is 248 g/mol. The van der Waals surface area contributed by atoms with Gasteiger partial charge in [0.05, 0.1) is 0 Å². The zero-order valence-corrected chi connectivity index (χ0v) is 8.13. The summed E-state index contributed by atoms with van der Waals surface area (Å²) in [6.45, 7) is 0. The fourth-order valence-electron chi connectivity index (χ4n) is 0. The van der Waals surface area contributed by atoms with Gasteiger partial charge in [0.2, 0.25) is 0 Å². The molecule has 0 aliphatic rings. The van der Waals surface area contributed by atoms with Gasteiger partial charge in [-0.25, -0.2) is 0 Å². The molecule has 0 fully saturated rings. The molecule has 0 spiro atoms. The summed E-state index contributed by atoms with van der Waals surface area (Å²) >= 11 is -0.333. The zero-order chi connectivity index (χ0) is 3.58. The molecule has 0 unspecified atom stereocenters. The zero-order valence-electron chi connectivity index (χ0n) is 3.88. The van der Waals surface area contributed by atoms with Gasteiger partial charge in [-0.3, -0.25) is 0 Å². The van der Waals surface area contributed by atoms with Gasteiger partial charge in [0.15, 0.2) is 0 Å². The minimum Gasteiger partial charge on any atom is -1.00 e. The molecule has 2 heteroatoms. The van der Waals surface area contributed by atoms with Crippen LogP contribution in [0.5, 0.6) is 0 Å². The first kappa shape index (κ1) is 9.56. The quantitative estimate of drug-likeness (QED) is 0.347. The van der Waals surface area contributed by atoms with Crippen molar-refractivity contribution in [2.45, 2.75) is 17.1 Å². The van der Waals surface area contributed by atoms with Gasteiger partial charge < -0.3 is 24.0 Å². The second-order valence-electron chi connectivity index (χ2n) is 1.50. The molecule has 0 saturated carbocycles. The van der Waals surface area contributed by atoms with Crippen LogP contribution in [0.25, 0.3) is 0 Å². The average Bonchev–Trinajstić information content (AvgIpc) is 0.811. The topological polar surface area (TPSA) is 0 Å². The van der Waals surface area contributed by atoms with E-state index in [9.17, 15) is 0 Å². The summed E-state index contributed by atoms with van der Waals surface area (Å²) in [5.41, 5.74) is 7.00. The van der Waals surface area contributed by atoms with Crippen molar-refractivity contribution in [1.82, 2.24) is 0 Å². The van der Waals surface area contributed by atoms with Crippen LogP contribution in [0.3, 0.4) is 0 Å². The molecule has 0 rings (SSSR count). The Labute approximate surface area is 55.6 Å². The summed E-state index contributed by atoms with van der Waals surface area (Å²) in [6.07, 6.45) is 0. The molecule has 0 atom stereocenters. The molecule has 0 aliphatic carbocycles. The molecule has 0 radical (unpaired) electrons. The van der Waals surface area contributed by atoms with Crippen LogP contribution in [0.2, 0.25) is 17.1 Å². The summed E-state index contributed by atoms with van der Waals surface area (Å²) in [5, 5.41) is 0. The van der Waals surface area contributed by atoms with E-state index in [1.165, 1.54) is 0 Å². The van der Waals surface area contributed by atoms with Crippen LogP contribution in [0.4, 0.5) is 0 Å². The Morgan fingerprint density at radius 1 is 1.00 bits per heavy atom. The van der Waals surface area contributed by atoms with Crippen LogP contribution in [0.1, 0.15) is 0 Å². The van der Waals surface area contributed by atoms with E-state index >= 15 is 0 Å². The minimum atomic E-state index is -0.333. The van der Waals surface area contributed by atoms with Crippen molar-refractivity contribution in [3.63, 3.8) is 0 Å². The summed E-state index contributed by atoms with van der Waals surface area (Å²) in [5.74, 6) is 0. The maximum atomic E-state index is 2.33. The first-order valence-corrected chi connectivity index (χ1v) is 7.79. The molecular weight excluding hydrogens is 238 g/mol. The van der Waals surface area contributed by atoms with Crippen LogP contribution in [0, 0.1) is 0 Å². The first-order chi connectivity index (χ1) is 1.73. The van der Waals surface area contributed by atoms with E-state index in [-0.39, 0.29) is 38.6 Å².